The monoisotopic (exact) mass is 98.0 g/mol. The van der Waals surface area contributed by atoms with Crippen LogP contribution in [0, 0.1) is 5.21 Å². The molecule has 0 aromatic rings. The molecule has 1 aliphatic rings. The molecule has 3 heteroatoms. The summed E-state index contributed by atoms with van der Waals surface area (Å²) in [6.45, 7) is 0. The van der Waals surface area contributed by atoms with Crippen LogP contribution in [-0.4, -0.2) is 18.0 Å². The topological polar surface area (TPSA) is 35.4 Å². The van der Waals surface area contributed by atoms with E-state index in [1.54, 1.807) is 6.08 Å². The second-order valence-electron chi connectivity index (χ2n) is 1.55. The summed E-state index contributed by atoms with van der Waals surface area (Å²) in [4.78, 5) is 0. The van der Waals surface area contributed by atoms with E-state index in [9.17, 15) is 5.21 Å². The molecule has 1 rings (SSSR count). The third-order valence-electron chi connectivity index (χ3n) is 0.745. The molecule has 0 aromatic heterocycles. The fourth-order valence-corrected chi connectivity index (χ4v) is 0.408. The van der Waals surface area contributed by atoms with Crippen LogP contribution in [-0.2, 0) is 0 Å². The van der Waals surface area contributed by atoms with Gasteiger partial charge in [-0.2, -0.15) is 0 Å². The molecule has 0 saturated carbocycles. The number of quaternary nitrogens is 1. The van der Waals surface area contributed by atoms with Crippen molar-refractivity contribution in [2.75, 3.05) is 7.05 Å². The average molecular weight is 98.1 g/mol. The first-order chi connectivity index (χ1) is 3.21. The van der Waals surface area contributed by atoms with Crippen molar-refractivity contribution < 1.29 is 4.76 Å². The summed E-state index contributed by atoms with van der Waals surface area (Å²) in [6, 6.07) is 0. The van der Waals surface area contributed by atoms with Gasteiger partial charge in [0.15, 0.2) is 0 Å². The molecule has 38 valence electrons. The predicted octanol–water partition coefficient (Wildman–Crippen LogP) is 0.444. The van der Waals surface area contributed by atoms with Gasteiger partial charge in [0, 0.05) is 6.08 Å². The van der Waals surface area contributed by atoms with Gasteiger partial charge < -0.3 is 5.21 Å². The molecule has 3 nitrogen and oxygen atoms in total. The molecule has 0 aromatic carbocycles. The predicted molar refractivity (Wildman–Crippen MR) is 27.2 cm³/mol. The van der Waals surface area contributed by atoms with Gasteiger partial charge in [-0.05, 0) is 0 Å². The molecular weight excluding hydrogens is 92.1 g/mol. The van der Waals surface area contributed by atoms with Crippen molar-refractivity contribution in [2.24, 2.45) is 5.10 Å². The molecular formula is C4H6N2O. The highest BCUT2D eigenvalue weighted by Gasteiger charge is 2.03. The summed E-state index contributed by atoms with van der Waals surface area (Å²) < 4.78 is -0.611. The summed E-state index contributed by atoms with van der Waals surface area (Å²) >= 11 is 0. The molecule has 7 heavy (non-hydrogen) atoms. The van der Waals surface area contributed by atoms with Crippen LogP contribution in [0.15, 0.2) is 17.4 Å². The molecule has 0 N–H and O–H groups in total. The summed E-state index contributed by atoms with van der Waals surface area (Å²) in [7, 11) is 1.46. The fraction of sp³-hybridized carbons (Fsp3) is 0.250. The van der Waals surface area contributed by atoms with Crippen molar-refractivity contribution in [3.63, 3.8) is 0 Å². The van der Waals surface area contributed by atoms with Gasteiger partial charge in [0.1, 0.15) is 6.20 Å². The Kier molecular flexibility index (Phi) is 0.736. The number of rotatable bonds is 0. The summed E-state index contributed by atoms with van der Waals surface area (Å²) in [5, 5.41) is 14.1. The third-order valence-corrected chi connectivity index (χ3v) is 0.745. The van der Waals surface area contributed by atoms with Crippen molar-refractivity contribution in [3.8, 4) is 0 Å². The Hall–Kier alpha value is -0.670. The molecule has 1 heterocycles. The first-order valence-electron chi connectivity index (χ1n) is 2.01. The van der Waals surface area contributed by atoms with Gasteiger partial charge in [-0.1, -0.05) is 5.10 Å². The lowest BCUT2D eigenvalue weighted by atomic mass is 10.7. The zero-order valence-corrected chi connectivity index (χ0v) is 4.03. The maximum atomic E-state index is 10.6. The van der Waals surface area contributed by atoms with Gasteiger partial charge in [-0.15, -0.1) is 0 Å². The van der Waals surface area contributed by atoms with E-state index in [0.29, 0.717) is 0 Å². The maximum Gasteiger partial charge on any atom is 0.124 e. The minimum atomic E-state index is -0.611. The first kappa shape index (κ1) is 4.49. The van der Waals surface area contributed by atoms with E-state index in [1.165, 1.54) is 19.5 Å². The zero-order chi connectivity index (χ0) is 5.33. The van der Waals surface area contributed by atoms with Crippen LogP contribution in [0.25, 0.3) is 0 Å². The van der Waals surface area contributed by atoms with Gasteiger partial charge in [-0.3, -0.25) is 0 Å². The van der Waals surface area contributed by atoms with E-state index in [0.717, 1.165) is 0 Å². The highest BCUT2D eigenvalue weighted by molar-refractivity contribution is 5.71. The van der Waals surface area contributed by atoms with Crippen molar-refractivity contribution in [1.82, 2.24) is 0 Å². The largest absolute Gasteiger partial charge is 0.600 e. The van der Waals surface area contributed by atoms with Crippen molar-refractivity contribution >= 4 is 6.21 Å². The molecule has 1 unspecified atom stereocenters. The van der Waals surface area contributed by atoms with Crippen LogP contribution in [0.4, 0.5) is 0 Å². The Morgan fingerprint density at radius 3 is 2.57 bits per heavy atom. The summed E-state index contributed by atoms with van der Waals surface area (Å²) in [6.07, 6.45) is 4.58. The third kappa shape index (κ3) is 0.852. The lowest BCUT2D eigenvalue weighted by Gasteiger charge is -2.22. The first-order valence-corrected chi connectivity index (χ1v) is 2.01. The average Bonchev–Trinajstić information content (AvgIpc) is 1.84. The smallest absolute Gasteiger partial charge is 0.124 e. The number of hydroxylamine groups is 2. The zero-order valence-electron chi connectivity index (χ0n) is 4.03. The molecule has 0 saturated heterocycles. The van der Waals surface area contributed by atoms with Crippen LogP contribution < -0.4 is 0 Å². The minimum absolute atomic E-state index is 0.611. The van der Waals surface area contributed by atoms with Gasteiger partial charge in [0.25, 0.3) is 0 Å². The maximum absolute atomic E-state index is 10.6. The van der Waals surface area contributed by atoms with Crippen LogP contribution in [0.1, 0.15) is 0 Å². The minimum Gasteiger partial charge on any atom is -0.600 e. The number of nitrogens with zero attached hydrogens (tertiary/aromatic N) is 2. The number of allylic oxidation sites excluding steroid dienone is 1. The Labute approximate surface area is 41.7 Å². The quantitative estimate of drug-likeness (QED) is 0.320. The van der Waals surface area contributed by atoms with Crippen LogP contribution in [0.2, 0.25) is 0 Å². The van der Waals surface area contributed by atoms with E-state index in [1.807, 2.05) is 0 Å². The molecule has 1 aliphatic heterocycles. The highest BCUT2D eigenvalue weighted by Crippen LogP contribution is 2.04. The molecule has 0 aliphatic carbocycles. The second kappa shape index (κ2) is 1.15. The van der Waals surface area contributed by atoms with Gasteiger partial charge >= 0.3 is 0 Å². The normalized spacial score (nSPS) is 37.4. The molecule has 0 bridgehead atoms. The number of hydrogen-bond donors (Lipinski definition) is 0. The van der Waals surface area contributed by atoms with Crippen molar-refractivity contribution in [3.05, 3.63) is 17.5 Å². The van der Waals surface area contributed by atoms with Crippen LogP contribution in [0.5, 0.6) is 0 Å². The number of hydrogen-bond acceptors (Lipinski definition) is 2. The SMILES string of the molecule is C[N+]1([O-])C=CC=N1. The van der Waals surface area contributed by atoms with Crippen LogP contribution >= 0.6 is 0 Å². The molecule has 1 atom stereocenters. The molecule has 0 fully saturated rings. The lowest BCUT2D eigenvalue weighted by molar-refractivity contribution is -0.811. The summed E-state index contributed by atoms with van der Waals surface area (Å²) in [5.41, 5.74) is 0. The molecule has 0 amide bonds. The van der Waals surface area contributed by atoms with Gasteiger partial charge in [0.2, 0.25) is 0 Å². The standard InChI is InChI=1S/C4H6N2O/c1-6(7)4-2-3-5-6/h2-4H,1H3. The van der Waals surface area contributed by atoms with Crippen molar-refractivity contribution in [2.45, 2.75) is 0 Å². The van der Waals surface area contributed by atoms with Crippen molar-refractivity contribution in [1.29, 1.82) is 0 Å². The molecule has 0 radical (unpaired) electrons. The summed E-state index contributed by atoms with van der Waals surface area (Å²) in [5.74, 6) is 0. The van der Waals surface area contributed by atoms with Crippen LogP contribution in [0.3, 0.4) is 0 Å². The van der Waals surface area contributed by atoms with Gasteiger partial charge in [0.05, 0.1) is 13.3 Å². The Balaban J connectivity index is 2.77. The van der Waals surface area contributed by atoms with E-state index in [2.05, 4.69) is 5.10 Å². The molecule has 0 spiro atoms. The lowest BCUT2D eigenvalue weighted by Crippen LogP contribution is -2.20. The van der Waals surface area contributed by atoms with Gasteiger partial charge in [-0.25, -0.2) is 4.76 Å². The Morgan fingerprint density at radius 2 is 2.43 bits per heavy atom. The van der Waals surface area contributed by atoms with E-state index in [4.69, 9.17) is 0 Å². The second-order valence-corrected chi connectivity index (χ2v) is 1.55. The Morgan fingerprint density at radius 1 is 1.71 bits per heavy atom. The Bertz CT molecular complexity index is 112. The van der Waals surface area contributed by atoms with E-state index < -0.39 is 4.76 Å². The fourth-order valence-electron chi connectivity index (χ4n) is 0.408. The van der Waals surface area contributed by atoms with E-state index in [-0.39, 0.29) is 0 Å². The highest BCUT2D eigenvalue weighted by atomic mass is 16.6. The van der Waals surface area contributed by atoms with E-state index >= 15 is 0 Å².